The fraction of sp³-hybridized carbons (Fsp3) is 0.619. The van der Waals surface area contributed by atoms with E-state index >= 15 is 0 Å². The molecule has 4 atom stereocenters. The Morgan fingerprint density at radius 3 is 2.52 bits per heavy atom. The van der Waals surface area contributed by atoms with Crippen molar-refractivity contribution < 1.29 is 27.7 Å². The fourth-order valence-electron chi connectivity index (χ4n) is 4.32. The van der Waals surface area contributed by atoms with Gasteiger partial charge in [0.05, 0.1) is 30.9 Å². The molecule has 2 aliphatic heterocycles. The van der Waals surface area contributed by atoms with E-state index in [1.165, 1.54) is 5.06 Å². The van der Waals surface area contributed by atoms with E-state index in [9.17, 15) is 18.0 Å². The van der Waals surface area contributed by atoms with E-state index < -0.39 is 45.9 Å². The Kier molecular flexibility index (Phi) is 7.35. The zero-order chi connectivity index (χ0) is 22.8. The number of fused-ring (bicyclic) bond motifs is 1. The molecule has 31 heavy (non-hydrogen) atoms. The van der Waals surface area contributed by atoms with E-state index in [1.807, 2.05) is 51.1 Å². The highest BCUT2D eigenvalue weighted by molar-refractivity contribution is 7.88. The molecule has 1 aromatic rings. The average molecular weight is 454 g/mol. The van der Waals surface area contributed by atoms with Gasteiger partial charge in [-0.25, -0.2) is 17.5 Å². The Morgan fingerprint density at radius 2 is 1.94 bits per heavy atom. The lowest BCUT2D eigenvalue weighted by atomic mass is 9.97. The molecule has 1 N–H and O–H groups in total. The van der Waals surface area contributed by atoms with Gasteiger partial charge in [0.15, 0.2) is 0 Å². The fourth-order valence-corrected chi connectivity index (χ4v) is 5.50. The third-order valence-electron chi connectivity index (χ3n) is 5.84. The van der Waals surface area contributed by atoms with Crippen molar-refractivity contribution in [3.8, 4) is 0 Å². The molecule has 0 bridgehead atoms. The van der Waals surface area contributed by atoms with Gasteiger partial charge in [-0.3, -0.25) is 9.63 Å². The molecular formula is C21H31N3O6S. The Hall–Kier alpha value is -2.01. The van der Waals surface area contributed by atoms with Gasteiger partial charge in [0.2, 0.25) is 15.9 Å². The van der Waals surface area contributed by atoms with Crippen LogP contribution in [-0.4, -0.2) is 60.6 Å². The largest absolute Gasteiger partial charge is 0.366 e. The first kappa shape index (κ1) is 23.6. The van der Waals surface area contributed by atoms with Crippen molar-refractivity contribution in [1.82, 2.24) is 14.8 Å². The highest BCUT2D eigenvalue weighted by Crippen LogP contribution is 2.39. The van der Waals surface area contributed by atoms with Crippen LogP contribution in [0, 0.1) is 11.8 Å². The van der Waals surface area contributed by atoms with Gasteiger partial charge in [-0.2, -0.15) is 5.48 Å². The minimum absolute atomic E-state index is 0.110. The molecule has 2 saturated heterocycles. The monoisotopic (exact) mass is 453 g/mol. The second-order valence-electron chi connectivity index (χ2n) is 8.42. The number of carbonyl (C=O) groups is 2. The van der Waals surface area contributed by atoms with Crippen molar-refractivity contribution in [3.05, 3.63) is 35.9 Å². The molecule has 0 spiro atoms. The molecule has 2 aliphatic rings. The Morgan fingerprint density at radius 1 is 1.26 bits per heavy atom. The van der Waals surface area contributed by atoms with Crippen LogP contribution in [0.1, 0.15) is 39.2 Å². The summed E-state index contributed by atoms with van der Waals surface area (Å²) in [4.78, 5) is 36.8. The van der Waals surface area contributed by atoms with Crippen molar-refractivity contribution in [1.29, 1.82) is 0 Å². The number of hydrogen-bond donors (Lipinski definition) is 1. The quantitative estimate of drug-likeness (QED) is 0.561. The first-order chi connectivity index (χ1) is 14.6. The molecule has 1 aromatic carbocycles. The summed E-state index contributed by atoms with van der Waals surface area (Å²) < 4.78 is 25.3. The molecule has 1 unspecified atom stereocenters. The maximum Gasteiger partial charge on any atom is 0.344 e. The zero-order valence-corrected chi connectivity index (χ0v) is 19.2. The molecule has 0 radical (unpaired) electrons. The van der Waals surface area contributed by atoms with Gasteiger partial charge in [-0.1, -0.05) is 51.1 Å². The Labute approximate surface area is 183 Å². The van der Waals surface area contributed by atoms with Crippen molar-refractivity contribution in [2.75, 3.05) is 12.8 Å². The molecule has 9 nitrogen and oxygen atoms in total. The normalized spacial score (nSPS) is 25.1. The number of amides is 1. The van der Waals surface area contributed by atoms with E-state index in [2.05, 4.69) is 5.48 Å². The van der Waals surface area contributed by atoms with Crippen molar-refractivity contribution in [3.63, 3.8) is 0 Å². The van der Waals surface area contributed by atoms with E-state index in [1.54, 1.807) is 0 Å². The van der Waals surface area contributed by atoms with Crippen LogP contribution >= 0.6 is 0 Å². The summed E-state index contributed by atoms with van der Waals surface area (Å²) in [7, 11) is -3.68. The van der Waals surface area contributed by atoms with E-state index in [0.717, 1.165) is 16.1 Å². The van der Waals surface area contributed by atoms with Crippen LogP contribution in [0.5, 0.6) is 0 Å². The molecule has 2 fully saturated rings. The van der Waals surface area contributed by atoms with Crippen LogP contribution in [-0.2, 0) is 35.9 Å². The number of nitrogens with one attached hydrogen (secondary N) is 1. The predicted molar refractivity (Wildman–Crippen MR) is 113 cm³/mol. The van der Waals surface area contributed by atoms with Crippen molar-refractivity contribution >= 4 is 21.9 Å². The zero-order valence-electron chi connectivity index (χ0n) is 18.4. The second kappa shape index (κ2) is 9.64. The van der Waals surface area contributed by atoms with E-state index in [-0.39, 0.29) is 5.92 Å². The summed E-state index contributed by atoms with van der Waals surface area (Å²) in [5.74, 6) is -1.59. The Balaban J connectivity index is 1.66. The van der Waals surface area contributed by atoms with Crippen LogP contribution in [0.15, 0.2) is 30.3 Å². The molecule has 2 heterocycles. The molecule has 10 heteroatoms. The van der Waals surface area contributed by atoms with Crippen LogP contribution < -0.4 is 5.48 Å². The van der Waals surface area contributed by atoms with E-state index in [4.69, 9.17) is 9.68 Å². The van der Waals surface area contributed by atoms with Crippen LogP contribution in [0.25, 0.3) is 0 Å². The highest BCUT2D eigenvalue weighted by atomic mass is 32.2. The third kappa shape index (κ3) is 5.08. The summed E-state index contributed by atoms with van der Waals surface area (Å²) in [5, 5.41) is 1.48. The number of benzene rings is 1. The summed E-state index contributed by atoms with van der Waals surface area (Å²) in [6.07, 6.45) is 1.93. The van der Waals surface area contributed by atoms with Crippen LogP contribution in [0.2, 0.25) is 0 Å². The van der Waals surface area contributed by atoms with Crippen molar-refractivity contribution in [2.24, 2.45) is 11.8 Å². The smallest absolute Gasteiger partial charge is 0.344 e. The first-order valence-corrected chi connectivity index (χ1v) is 12.4. The Bertz CT molecular complexity index is 892. The average Bonchev–Trinajstić information content (AvgIpc) is 3.21. The molecule has 0 aliphatic carbocycles. The van der Waals surface area contributed by atoms with Crippen LogP contribution in [0.3, 0.4) is 0 Å². The van der Waals surface area contributed by atoms with Gasteiger partial charge in [0.1, 0.15) is 6.04 Å². The van der Waals surface area contributed by atoms with Crippen LogP contribution in [0.4, 0.5) is 0 Å². The summed E-state index contributed by atoms with van der Waals surface area (Å²) in [5.41, 5.74) is 3.76. The predicted octanol–water partition coefficient (Wildman–Crippen LogP) is 1.46. The minimum Gasteiger partial charge on any atom is -0.366 e. The minimum atomic E-state index is -3.68. The molecule has 172 valence electrons. The topological polar surface area (TPSA) is 105 Å². The molecular weight excluding hydrogens is 422 g/mol. The maximum absolute atomic E-state index is 12.9. The lowest BCUT2D eigenvalue weighted by molar-refractivity contribution is -0.206. The molecule has 0 saturated carbocycles. The van der Waals surface area contributed by atoms with Gasteiger partial charge in [0, 0.05) is 6.54 Å². The number of nitrogens with zero attached hydrogens (tertiary/aromatic N) is 2. The van der Waals surface area contributed by atoms with Crippen molar-refractivity contribution in [2.45, 2.75) is 58.3 Å². The lowest BCUT2D eigenvalue weighted by Gasteiger charge is -2.28. The molecule has 0 aromatic heterocycles. The summed E-state index contributed by atoms with van der Waals surface area (Å²) >= 11 is 0. The molecule has 1 amide bonds. The summed E-state index contributed by atoms with van der Waals surface area (Å²) in [6.45, 7) is 6.24. The first-order valence-electron chi connectivity index (χ1n) is 10.6. The van der Waals surface area contributed by atoms with Gasteiger partial charge in [-0.15, -0.1) is 5.06 Å². The van der Waals surface area contributed by atoms with Gasteiger partial charge in [0.25, 0.3) is 0 Å². The lowest BCUT2D eigenvalue weighted by Crippen LogP contribution is -2.47. The van der Waals surface area contributed by atoms with Gasteiger partial charge in [-0.05, 0) is 24.3 Å². The number of sulfonamides is 1. The summed E-state index contributed by atoms with van der Waals surface area (Å²) in [6, 6.07) is 7.86. The number of rotatable bonds is 9. The van der Waals surface area contributed by atoms with Gasteiger partial charge < -0.3 is 4.84 Å². The third-order valence-corrected chi connectivity index (χ3v) is 7.00. The molecule has 3 rings (SSSR count). The maximum atomic E-state index is 12.9. The number of hydroxylamine groups is 3. The number of hydrogen-bond acceptors (Lipinski definition) is 8. The highest BCUT2D eigenvalue weighted by Gasteiger charge is 2.57. The van der Waals surface area contributed by atoms with Gasteiger partial charge >= 0.3 is 5.97 Å². The van der Waals surface area contributed by atoms with E-state index in [0.29, 0.717) is 26.0 Å². The number of carbonyl (C=O) groups excluding carboxylic acids is 2. The standard InChI is InChI=1S/C21H31N3O6S/c1-5-16-19-17(24(20(16)25)31(4,27)28)11-12-23(19)30-21(26)18(14(2)3)22-29-13-15-9-7-6-8-10-15/h6-10,14,16-19,22H,5,11-13H2,1-4H3/t16?,17-,18-,19+/m0/s1. The SMILES string of the molecule is CCC1C(=O)N(S(C)(=O)=O)[C@H]2CCN(OC(=O)[C@@H](NOCc3ccccc3)C(C)C)[C@H]12. The second-order valence-corrected chi connectivity index (χ2v) is 10.3.